The molecule has 0 spiro atoms. The maximum absolute atomic E-state index is 5.76. The van der Waals surface area contributed by atoms with Gasteiger partial charge in [-0.2, -0.15) is 0 Å². The third kappa shape index (κ3) is 10.7. The minimum absolute atomic E-state index is 0.110. The molecule has 0 radical (unpaired) electrons. The molecule has 6 heterocycles. The smallest absolute Gasteiger partial charge is 0.160 e. The summed E-state index contributed by atoms with van der Waals surface area (Å²) in [6.45, 7) is 14.2. The lowest BCUT2D eigenvalue weighted by molar-refractivity contribution is 0.660. The Labute approximate surface area is 797 Å². The number of para-hydroxylation sites is 4. The van der Waals surface area contributed by atoms with Crippen molar-refractivity contribution in [2.24, 2.45) is 0 Å². The van der Waals surface area contributed by atoms with Crippen LogP contribution in [0.15, 0.2) is 419 Å². The molecular weight excluding hydrogens is 1670 g/mol. The Morgan fingerprint density at radius 3 is 0.775 bits per heavy atom. The van der Waals surface area contributed by atoms with Gasteiger partial charge in [0.05, 0.1) is 66.6 Å². The molecule has 20 aromatic carbocycles. The van der Waals surface area contributed by atoms with Gasteiger partial charge in [-0.15, -0.1) is 0 Å². The first-order valence-electron chi connectivity index (χ1n) is 48.3. The topological polar surface area (TPSA) is 50.4 Å². The molecule has 0 saturated heterocycles. The van der Waals surface area contributed by atoms with Crippen molar-refractivity contribution in [3.05, 3.63) is 452 Å². The van der Waals surface area contributed by atoms with Crippen LogP contribution in [0, 0.1) is 0 Å². The van der Waals surface area contributed by atoms with E-state index < -0.39 is 0 Å². The van der Waals surface area contributed by atoms with E-state index in [1.54, 1.807) is 0 Å². The van der Waals surface area contributed by atoms with Crippen LogP contribution in [-0.4, -0.2) is 32.8 Å². The summed E-state index contributed by atoms with van der Waals surface area (Å²) < 4.78 is 12.3. The summed E-state index contributed by atoms with van der Waals surface area (Å²) in [5.74, 6) is 0.673. The van der Waals surface area contributed by atoms with Gasteiger partial charge < -0.3 is 22.8 Å². The van der Waals surface area contributed by atoms with Gasteiger partial charge in [-0.3, -0.25) is 0 Å². The molecule has 0 fully saturated rings. The van der Waals surface area contributed by atoms with Crippen LogP contribution in [0.5, 0.6) is 0 Å². The van der Waals surface area contributed by atoms with Crippen molar-refractivity contribution in [1.29, 1.82) is 0 Å². The minimum Gasteiger partial charge on any atom is -0.309 e. The van der Waals surface area contributed by atoms with Crippen LogP contribution < -0.4 is 0 Å². The zero-order valence-corrected chi connectivity index (χ0v) is 77.0. The van der Waals surface area contributed by atoms with Gasteiger partial charge >= 0.3 is 0 Å². The van der Waals surface area contributed by atoms with Gasteiger partial charge in [0.25, 0.3) is 0 Å². The van der Waals surface area contributed by atoms with Gasteiger partial charge in [-0.25, -0.2) is 9.97 Å². The van der Waals surface area contributed by atoms with E-state index in [9.17, 15) is 0 Å². The fourth-order valence-corrected chi connectivity index (χ4v) is 25.4. The first-order chi connectivity index (χ1) is 67.7. The molecule has 4 aliphatic rings. The molecule has 30 rings (SSSR count). The van der Waals surface area contributed by atoms with E-state index >= 15 is 0 Å². The SMILES string of the molecule is CC1(C)c2ccccc2-c2ccc(-n3c4ccccc4c4cc(-c5ccc6c(c5)c5ccccc5n6-c5ccc(-c6nc(-c7ccc(-n8c9ccc(-c%10ccc%11c(c%10)c%10ccccc%10n%11-c%10ccc%11c(c%10)C(C)(C)c%10ccccc%10-%11)cc9c9cc(-c%10ccc%11c(c%10)c%10ccccc%10n%11-c%10ccc%11c(c%10)C(C)(C)c%10ccccc%10-%11)ccc98)cc7)c7c(n6)-c6cccc8cccc-7c68)cc5)ccc43)cc21. The highest BCUT2D eigenvalue weighted by molar-refractivity contribution is 6.20. The molecule has 6 aromatic heterocycles. The summed E-state index contributed by atoms with van der Waals surface area (Å²) in [7, 11) is 0. The number of hydrogen-bond acceptors (Lipinski definition) is 2. The molecule has 0 amide bonds. The number of benzene rings is 20. The fourth-order valence-electron chi connectivity index (χ4n) is 25.4. The van der Waals surface area contributed by atoms with Gasteiger partial charge in [0.15, 0.2) is 5.82 Å². The van der Waals surface area contributed by atoms with Crippen molar-refractivity contribution < 1.29 is 0 Å². The van der Waals surface area contributed by atoms with Crippen LogP contribution in [0.3, 0.4) is 0 Å². The number of rotatable bonds is 10. The van der Waals surface area contributed by atoms with E-state index in [-0.39, 0.29) is 16.2 Å². The average molecular weight is 1760 g/mol. The Hall–Kier alpha value is -17.3. The first-order valence-corrected chi connectivity index (χ1v) is 48.3. The Kier molecular flexibility index (Phi) is 15.6. The first kappa shape index (κ1) is 77.2. The van der Waals surface area contributed by atoms with Crippen molar-refractivity contribution in [3.63, 3.8) is 0 Å². The van der Waals surface area contributed by atoms with E-state index in [1.807, 2.05) is 0 Å². The highest BCUT2D eigenvalue weighted by atomic mass is 15.0. The predicted molar refractivity (Wildman–Crippen MR) is 576 cm³/mol. The fraction of sp³-hybridized carbons (Fsp3) is 0.0687. The molecule has 0 unspecified atom stereocenters. The summed E-state index contributed by atoms with van der Waals surface area (Å²) in [6.07, 6.45) is 0. The van der Waals surface area contributed by atoms with E-state index in [4.69, 9.17) is 9.97 Å². The molecule has 0 N–H and O–H groups in total. The molecule has 0 saturated carbocycles. The van der Waals surface area contributed by atoms with E-state index in [1.165, 1.54) is 193 Å². The average Bonchev–Trinajstić information content (AvgIpc) is 1.57. The van der Waals surface area contributed by atoms with Crippen LogP contribution in [0.2, 0.25) is 0 Å². The van der Waals surface area contributed by atoms with Crippen molar-refractivity contribution >= 4 is 120 Å². The molecule has 4 aliphatic carbocycles. The van der Waals surface area contributed by atoms with Gasteiger partial charge in [0.2, 0.25) is 0 Å². The lowest BCUT2D eigenvalue weighted by Gasteiger charge is -2.22. The van der Waals surface area contributed by atoms with E-state index in [0.717, 1.165) is 94.9 Å². The molecule has 138 heavy (non-hydrogen) atoms. The predicted octanol–water partition coefficient (Wildman–Crippen LogP) is 34.0. The lowest BCUT2D eigenvalue weighted by Crippen LogP contribution is -2.15. The number of aromatic nitrogens is 7. The highest BCUT2D eigenvalue weighted by Crippen LogP contribution is 2.57. The number of hydrogen-bond donors (Lipinski definition) is 0. The van der Waals surface area contributed by atoms with Crippen molar-refractivity contribution in [1.82, 2.24) is 32.8 Å². The Balaban J connectivity index is 0.529. The van der Waals surface area contributed by atoms with Crippen LogP contribution >= 0.6 is 0 Å². The summed E-state index contributed by atoms with van der Waals surface area (Å²) in [5.41, 5.74) is 47.2. The monoisotopic (exact) mass is 1760 g/mol. The zero-order chi connectivity index (χ0) is 91.2. The molecule has 26 aromatic rings. The van der Waals surface area contributed by atoms with Gasteiger partial charge in [0, 0.05) is 121 Å². The third-order valence-electron chi connectivity index (χ3n) is 32.1. The normalized spacial score (nSPS) is 13.9. The molecular formula is C131H87N7. The highest BCUT2D eigenvalue weighted by Gasteiger charge is 2.40. The maximum atomic E-state index is 5.76. The largest absolute Gasteiger partial charge is 0.309 e. The Morgan fingerprint density at radius 1 is 0.174 bits per heavy atom. The molecule has 0 atom stereocenters. The van der Waals surface area contributed by atoms with Gasteiger partial charge in [-0.1, -0.05) is 290 Å². The molecule has 646 valence electrons. The lowest BCUT2D eigenvalue weighted by atomic mass is 9.82. The second-order valence-electron chi connectivity index (χ2n) is 40.3. The van der Waals surface area contributed by atoms with Crippen LogP contribution in [0.1, 0.15) is 74.9 Å². The van der Waals surface area contributed by atoms with Crippen LogP contribution in [0.4, 0.5) is 0 Å². The maximum Gasteiger partial charge on any atom is 0.160 e. The summed E-state index contributed by atoms with van der Waals surface area (Å²) in [6, 6.07) is 158. The Bertz CT molecular complexity index is 9650. The number of nitrogens with zero attached hydrogens (tertiary/aromatic N) is 7. The van der Waals surface area contributed by atoms with E-state index in [2.05, 4.69) is 483 Å². The quantitative estimate of drug-likeness (QED) is 0.137. The second kappa shape index (κ2) is 28.0. The van der Waals surface area contributed by atoms with E-state index in [0.29, 0.717) is 5.82 Å². The standard InChI is InChI=1S/C131H87N7/c1-129(2)108-34-14-7-25-90(108)93-58-55-87(73-111(93)129)136-115-38-18-11-29-97(115)103-68-80(46-62-119(103)136)79-45-61-118-102(67-79)96-28-10-17-37-114(96)134(118)86-53-43-78(44-54-86)128-132-126(125-100-32-21-23-76-24-22-33-101(124(76)100)127(125)133-128)77-41-51-85(52-42-77)135-122-65-49-83(81-47-63-120-104(69-81)98-30-12-19-39-116(98)137(120)88-56-59-94-91-26-8-15-35-109(91)130(3,4)112(94)74-88)71-106(122)107-72-84(50-66-123(107)135)82-48-64-121-105(70-82)99-31-13-20-40-117(99)138(121)89-57-60-95-92-27-9-16-36-110(92)131(5,6)113(95)75-89/h7-75H,1-6H3. The van der Waals surface area contributed by atoms with Crippen LogP contribution in [-0.2, 0) is 16.2 Å². The van der Waals surface area contributed by atoms with Gasteiger partial charge in [-0.05, 0) is 286 Å². The summed E-state index contributed by atoms with van der Waals surface area (Å²) in [5, 5.41) is 14.5. The number of fused-ring (bicyclic) bond motifs is 27. The molecule has 7 heteroatoms. The minimum atomic E-state index is -0.134. The van der Waals surface area contributed by atoms with Crippen LogP contribution in [0.25, 0.3) is 260 Å². The second-order valence-corrected chi connectivity index (χ2v) is 40.3. The van der Waals surface area contributed by atoms with Gasteiger partial charge in [0.1, 0.15) is 0 Å². The zero-order valence-electron chi connectivity index (χ0n) is 77.0. The summed E-state index contributed by atoms with van der Waals surface area (Å²) in [4.78, 5) is 11.4. The third-order valence-corrected chi connectivity index (χ3v) is 32.1. The molecule has 0 aliphatic heterocycles. The van der Waals surface area contributed by atoms with Crippen molar-refractivity contribution in [3.8, 4) is 140 Å². The van der Waals surface area contributed by atoms with Crippen molar-refractivity contribution in [2.75, 3.05) is 0 Å². The summed E-state index contributed by atoms with van der Waals surface area (Å²) >= 11 is 0. The molecule has 0 bridgehead atoms. The van der Waals surface area contributed by atoms with Crippen molar-refractivity contribution in [2.45, 2.75) is 57.8 Å². The molecule has 7 nitrogen and oxygen atoms in total. The Morgan fingerprint density at radius 2 is 0.428 bits per heavy atom.